The smallest absolute Gasteiger partial charge is 0.412 e. The van der Waals surface area contributed by atoms with Crippen LogP contribution in [0.1, 0.15) is 26.3 Å². The molecule has 43 heavy (non-hydrogen) atoms. The molecule has 1 amide bonds. The molecule has 3 atom stereocenters. The van der Waals surface area contributed by atoms with Gasteiger partial charge in [0, 0.05) is 11.6 Å². The van der Waals surface area contributed by atoms with Gasteiger partial charge in [0.1, 0.15) is 34.2 Å². The van der Waals surface area contributed by atoms with Crippen LogP contribution in [0.5, 0.6) is 17.8 Å². The Balaban J connectivity index is 1.26. The third-order valence-corrected chi connectivity index (χ3v) is 7.09. The number of hydrogen-bond acceptors (Lipinski definition) is 13. The second-order valence-electron chi connectivity index (χ2n) is 9.68. The van der Waals surface area contributed by atoms with E-state index in [9.17, 15) is 9.90 Å². The van der Waals surface area contributed by atoms with Crippen LogP contribution in [-0.4, -0.2) is 73.1 Å². The maximum Gasteiger partial charge on any atom is 0.412 e. The molecule has 2 N–H and O–H groups in total. The topological polar surface area (TPSA) is 164 Å². The van der Waals surface area contributed by atoms with Crippen molar-refractivity contribution in [3.63, 3.8) is 0 Å². The molecule has 0 unspecified atom stereocenters. The second kappa shape index (κ2) is 12.6. The average molecular weight is 610 g/mol. The van der Waals surface area contributed by atoms with E-state index in [0.29, 0.717) is 32.3 Å². The fourth-order valence-electron chi connectivity index (χ4n) is 3.87. The Bertz CT molecular complexity index is 1770. The minimum Gasteiger partial charge on any atom is -0.480 e. The van der Waals surface area contributed by atoms with Crippen molar-refractivity contribution in [1.29, 1.82) is 0 Å². The van der Waals surface area contributed by atoms with Crippen LogP contribution in [-0.2, 0) is 4.74 Å². The lowest BCUT2D eigenvalue weighted by molar-refractivity contribution is 0.0379. The molecule has 0 saturated carbocycles. The minimum atomic E-state index is -0.786. The Labute approximate surface area is 249 Å². The van der Waals surface area contributed by atoms with E-state index in [1.807, 2.05) is 19.1 Å². The molecule has 0 aliphatic heterocycles. The van der Waals surface area contributed by atoms with Crippen LogP contribution in [0.15, 0.2) is 36.8 Å². The molecule has 0 bridgehead atoms. The number of halogens is 1. The summed E-state index contributed by atoms with van der Waals surface area (Å²) in [5, 5.41) is 12.4. The molecule has 0 spiro atoms. The van der Waals surface area contributed by atoms with Crippen LogP contribution in [0.4, 0.5) is 14.9 Å². The molecule has 0 aliphatic carbocycles. The number of benzene rings is 1. The number of pyridine rings is 1. The molecule has 0 saturated heterocycles. The third-order valence-electron chi connectivity index (χ3n) is 6.09. The van der Waals surface area contributed by atoms with Gasteiger partial charge in [-0.1, -0.05) is 11.3 Å². The molecule has 0 radical (unpaired) electrons. The number of carbonyl (C=O) groups is 1. The van der Waals surface area contributed by atoms with Gasteiger partial charge < -0.3 is 24.1 Å². The molecule has 1 aromatic carbocycles. The second-order valence-corrected chi connectivity index (χ2v) is 10.7. The zero-order chi connectivity index (χ0) is 30.7. The normalized spacial score (nSPS) is 13.4. The first-order chi connectivity index (χ1) is 20.6. The fourth-order valence-corrected chi connectivity index (χ4v) is 4.80. The molecule has 5 aromatic rings. The van der Waals surface area contributed by atoms with E-state index in [0.717, 1.165) is 11.1 Å². The highest BCUT2D eigenvalue weighted by molar-refractivity contribution is 7.21. The summed E-state index contributed by atoms with van der Waals surface area (Å²) in [6.07, 6.45) is 1.20. The summed E-state index contributed by atoms with van der Waals surface area (Å²) < 4.78 is 36.5. The number of aryl methyl sites for hydroxylation is 1. The molecule has 224 valence electrons. The van der Waals surface area contributed by atoms with Gasteiger partial charge in [-0.3, -0.25) is 5.32 Å². The van der Waals surface area contributed by atoms with E-state index >= 15 is 4.39 Å². The van der Waals surface area contributed by atoms with Gasteiger partial charge in [0.25, 0.3) is 5.88 Å². The lowest BCUT2D eigenvalue weighted by Crippen LogP contribution is -2.33. The summed E-state index contributed by atoms with van der Waals surface area (Å²) in [4.78, 5) is 38.7. The van der Waals surface area contributed by atoms with E-state index in [4.69, 9.17) is 18.9 Å². The number of aliphatic hydroxyl groups is 1. The zero-order valence-electron chi connectivity index (χ0n) is 23.9. The number of rotatable bonds is 10. The summed E-state index contributed by atoms with van der Waals surface area (Å²) in [6, 6.07) is 5.14. The average Bonchev–Trinajstić information content (AvgIpc) is 3.38. The summed E-state index contributed by atoms with van der Waals surface area (Å²) in [6.45, 7) is 6.77. The number of ether oxygens (including phenoxy) is 4. The standard InChI is InChI=1S/C28H28FN7O6S/c1-13-6-18(23-20(7-13)34-22(39-5)11-30-23)25-35-21-8-19(29)24(36-26(21)43-25)41-15(3)16(4)42-28(38)33-17-9-31-27(32-10-17)40-12-14(2)37/h6-11,14-16,37H,12H2,1-5H3,(H,33,38)/t14-,15+,16-/m1/s1. The van der Waals surface area contributed by atoms with Gasteiger partial charge in [-0.2, -0.15) is 4.98 Å². The molecular formula is C28H28FN7O6S. The number of carbonyl (C=O) groups excluding carboxylic acids is 1. The Morgan fingerprint density at radius 1 is 1.02 bits per heavy atom. The van der Waals surface area contributed by atoms with Gasteiger partial charge >= 0.3 is 12.1 Å². The van der Waals surface area contributed by atoms with Gasteiger partial charge in [0.15, 0.2) is 5.82 Å². The monoisotopic (exact) mass is 609 g/mol. The summed E-state index contributed by atoms with van der Waals surface area (Å²) in [7, 11) is 1.52. The van der Waals surface area contributed by atoms with Gasteiger partial charge in [-0.15, -0.1) is 0 Å². The van der Waals surface area contributed by atoms with Crippen LogP contribution in [0.3, 0.4) is 0 Å². The van der Waals surface area contributed by atoms with Crippen LogP contribution < -0.4 is 19.5 Å². The predicted molar refractivity (Wildman–Crippen MR) is 156 cm³/mol. The van der Waals surface area contributed by atoms with Crippen molar-refractivity contribution in [3.05, 3.63) is 48.2 Å². The molecule has 4 heterocycles. The van der Waals surface area contributed by atoms with Crippen molar-refractivity contribution in [1.82, 2.24) is 29.9 Å². The number of aliphatic hydroxyl groups excluding tert-OH is 1. The zero-order valence-corrected chi connectivity index (χ0v) is 24.7. The molecule has 0 aliphatic rings. The van der Waals surface area contributed by atoms with Crippen molar-refractivity contribution in [3.8, 4) is 28.3 Å². The first-order valence-corrected chi connectivity index (χ1v) is 14.0. The SMILES string of the molecule is COc1cnc2c(-c3nc4cc(F)c(O[C@@H](C)[C@@H](C)OC(=O)Nc5cnc(OC[C@@H](C)O)nc5)nc4s3)cc(C)cc2n1. The number of aromatic nitrogens is 6. The largest absolute Gasteiger partial charge is 0.480 e. The Morgan fingerprint density at radius 2 is 1.79 bits per heavy atom. The number of anilines is 1. The molecule has 4 aromatic heterocycles. The number of nitrogens with one attached hydrogen (secondary N) is 1. The Kier molecular flexibility index (Phi) is 8.73. The highest BCUT2D eigenvalue weighted by Crippen LogP contribution is 2.35. The van der Waals surface area contributed by atoms with E-state index < -0.39 is 30.2 Å². The maximum absolute atomic E-state index is 15.0. The van der Waals surface area contributed by atoms with E-state index in [1.54, 1.807) is 20.8 Å². The number of hydrogen-bond donors (Lipinski definition) is 2. The summed E-state index contributed by atoms with van der Waals surface area (Å²) >= 11 is 1.26. The van der Waals surface area contributed by atoms with Crippen LogP contribution in [0.2, 0.25) is 0 Å². The third kappa shape index (κ3) is 7.01. The quantitative estimate of drug-likeness (QED) is 0.224. The van der Waals surface area contributed by atoms with Gasteiger partial charge in [-0.25, -0.2) is 34.1 Å². The molecule has 15 heteroatoms. The molecule has 5 rings (SSSR count). The van der Waals surface area contributed by atoms with Crippen molar-refractivity contribution in [2.24, 2.45) is 0 Å². The van der Waals surface area contributed by atoms with Crippen LogP contribution in [0.25, 0.3) is 32.0 Å². The molecule has 0 fully saturated rings. The first-order valence-electron chi connectivity index (χ1n) is 13.2. The van der Waals surface area contributed by atoms with Gasteiger partial charge in [0.2, 0.25) is 5.88 Å². The summed E-state index contributed by atoms with van der Waals surface area (Å²) in [5.41, 5.74) is 3.60. The van der Waals surface area contributed by atoms with E-state index in [1.165, 1.54) is 43.1 Å². The predicted octanol–water partition coefficient (Wildman–Crippen LogP) is 4.71. The maximum atomic E-state index is 15.0. The number of methoxy groups -OCH3 is 1. The van der Waals surface area contributed by atoms with Crippen molar-refractivity contribution < 1.29 is 33.2 Å². The lowest BCUT2D eigenvalue weighted by Gasteiger charge is -2.21. The van der Waals surface area contributed by atoms with Crippen molar-refractivity contribution >= 4 is 44.5 Å². The molecular weight excluding hydrogens is 581 g/mol. The molecule has 13 nitrogen and oxygen atoms in total. The number of amides is 1. The first kappa shape index (κ1) is 29.7. The lowest BCUT2D eigenvalue weighted by atomic mass is 10.1. The number of nitrogens with zero attached hydrogens (tertiary/aromatic N) is 6. The van der Waals surface area contributed by atoms with E-state index in [-0.39, 0.29) is 24.2 Å². The van der Waals surface area contributed by atoms with Gasteiger partial charge in [0.05, 0.1) is 48.5 Å². The van der Waals surface area contributed by atoms with Crippen molar-refractivity contribution in [2.75, 3.05) is 19.0 Å². The highest BCUT2D eigenvalue weighted by atomic mass is 32.1. The Morgan fingerprint density at radius 3 is 2.51 bits per heavy atom. The van der Waals surface area contributed by atoms with Crippen LogP contribution >= 0.6 is 11.3 Å². The summed E-state index contributed by atoms with van der Waals surface area (Å²) in [5.74, 6) is -0.557. The van der Waals surface area contributed by atoms with E-state index in [2.05, 4.69) is 35.2 Å². The number of thiazole rings is 1. The number of fused-ring (bicyclic) bond motifs is 2. The van der Waals surface area contributed by atoms with Crippen LogP contribution in [0, 0.1) is 12.7 Å². The Hall–Kier alpha value is -4.76. The highest BCUT2D eigenvalue weighted by Gasteiger charge is 2.23. The minimum absolute atomic E-state index is 0.0336. The van der Waals surface area contributed by atoms with Gasteiger partial charge in [-0.05, 0) is 45.4 Å². The van der Waals surface area contributed by atoms with Crippen molar-refractivity contribution in [2.45, 2.75) is 46.0 Å². The fraction of sp³-hybridized carbons (Fsp3) is 0.321.